The molecule has 0 fully saturated rings. The molecule has 3 nitrogen and oxygen atoms in total. The van der Waals surface area contributed by atoms with Gasteiger partial charge < -0.3 is 10.1 Å². The van der Waals surface area contributed by atoms with Gasteiger partial charge in [0.2, 0.25) is 0 Å². The van der Waals surface area contributed by atoms with Crippen LogP contribution < -0.4 is 10.1 Å². The van der Waals surface area contributed by atoms with E-state index in [9.17, 15) is 4.21 Å². The SMILES string of the molecule is CCCNC(CS(C)=O)c1ccc(OC(C)C)cc1. The predicted molar refractivity (Wildman–Crippen MR) is 82.2 cm³/mol. The second kappa shape index (κ2) is 8.33. The molecule has 2 unspecified atom stereocenters. The minimum Gasteiger partial charge on any atom is -0.491 e. The first-order valence-corrected chi connectivity index (χ1v) is 8.55. The van der Waals surface area contributed by atoms with Gasteiger partial charge in [0.25, 0.3) is 0 Å². The minimum absolute atomic E-state index is 0.152. The van der Waals surface area contributed by atoms with Crippen LogP contribution in [0.25, 0.3) is 0 Å². The molecule has 0 saturated heterocycles. The predicted octanol–water partition coefficient (Wildman–Crippen LogP) is 2.89. The van der Waals surface area contributed by atoms with E-state index >= 15 is 0 Å². The Bertz CT molecular complexity index is 390. The van der Waals surface area contributed by atoms with E-state index in [2.05, 4.69) is 24.4 Å². The average molecular weight is 283 g/mol. The van der Waals surface area contributed by atoms with Gasteiger partial charge in [0.1, 0.15) is 5.75 Å². The van der Waals surface area contributed by atoms with Crippen LogP contribution in [0.1, 0.15) is 38.8 Å². The van der Waals surface area contributed by atoms with Crippen LogP contribution in [0, 0.1) is 0 Å². The Morgan fingerprint density at radius 1 is 1.26 bits per heavy atom. The molecule has 1 aromatic rings. The van der Waals surface area contributed by atoms with Gasteiger partial charge in [0.15, 0.2) is 0 Å². The number of nitrogens with one attached hydrogen (secondary N) is 1. The van der Waals surface area contributed by atoms with E-state index in [1.807, 2.05) is 26.0 Å². The molecule has 1 aromatic carbocycles. The molecule has 1 rings (SSSR count). The lowest BCUT2D eigenvalue weighted by Gasteiger charge is -2.18. The lowest BCUT2D eigenvalue weighted by Crippen LogP contribution is -2.26. The first-order valence-electron chi connectivity index (χ1n) is 6.83. The van der Waals surface area contributed by atoms with Crippen molar-refractivity contribution in [1.82, 2.24) is 5.32 Å². The van der Waals surface area contributed by atoms with Crippen LogP contribution in [0.5, 0.6) is 5.75 Å². The van der Waals surface area contributed by atoms with Crippen molar-refractivity contribution in [3.8, 4) is 5.75 Å². The maximum absolute atomic E-state index is 11.4. The van der Waals surface area contributed by atoms with E-state index in [1.54, 1.807) is 6.26 Å². The Morgan fingerprint density at radius 3 is 2.37 bits per heavy atom. The molecule has 0 saturated carbocycles. The van der Waals surface area contributed by atoms with Crippen LogP contribution in [0.2, 0.25) is 0 Å². The molecule has 2 atom stereocenters. The fraction of sp³-hybridized carbons (Fsp3) is 0.600. The Balaban J connectivity index is 2.74. The molecule has 0 aliphatic heterocycles. The zero-order valence-electron chi connectivity index (χ0n) is 12.3. The first kappa shape index (κ1) is 16.2. The van der Waals surface area contributed by atoms with Gasteiger partial charge in [-0.25, -0.2) is 0 Å². The summed E-state index contributed by atoms with van der Waals surface area (Å²) in [6.45, 7) is 7.10. The van der Waals surface area contributed by atoms with E-state index in [-0.39, 0.29) is 12.1 Å². The molecule has 0 aliphatic carbocycles. The molecule has 0 aliphatic rings. The van der Waals surface area contributed by atoms with Crippen LogP contribution in [0.3, 0.4) is 0 Å². The topological polar surface area (TPSA) is 38.3 Å². The van der Waals surface area contributed by atoms with E-state index in [4.69, 9.17) is 4.74 Å². The Labute approximate surface area is 119 Å². The van der Waals surface area contributed by atoms with Crippen LogP contribution in [-0.2, 0) is 10.8 Å². The third-order valence-corrected chi connectivity index (χ3v) is 3.50. The number of hydrogen-bond acceptors (Lipinski definition) is 3. The highest BCUT2D eigenvalue weighted by atomic mass is 32.2. The number of ether oxygens (including phenoxy) is 1. The lowest BCUT2D eigenvalue weighted by atomic mass is 10.1. The van der Waals surface area contributed by atoms with Crippen molar-refractivity contribution in [3.63, 3.8) is 0 Å². The molecule has 0 heterocycles. The highest BCUT2D eigenvalue weighted by Gasteiger charge is 2.12. The second-order valence-electron chi connectivity index (χ2n) is 4.98. The van der Waals surface area contributed by atoms with E-state index in [0.29, 0.717) is 5.75 Å². The summed E-state index contributed by atoms with van der Waals surface area (Å²) in [6, 6.07) is 8.22. The largest absolute Gasteiger partial charge is 0.491 e. The second-order valence-corrected chi connectivity index (χ2v) is 6.46. The third kappa shape index (κ3) is 6.21. The zero-order valence-corrected chi connectivity index (χ0v) is 13.1. The molecule has 0 radical (unpaired) electrons. The van der Waals surface area contributed by atoms with Gasteiger partial charge in [0.05, 0.1) is 6.10 Å². The number of rotatable bonds is 8. The maximum atomic E-state index is 11.4. The van der Waals surface area contributed by atoms with Crippen molar-refractivity contribution in [1.29, 1.82) is 0 Å². The van der Waals surface area contributed by atoms with Crippen molar-refractivity contribution in [2.45, 2.75) is 39.3 Å². The fourth-order valence-electron chi connectivity index (χ4n) is 1.88. The minimum atomic E-state index is -0.808. The van der Waals surface area contributed by atoms with Crippen LogP contribution in [-0.4, -0.2) is 28.9 Å². The summed E-state index contributed by atoms with van der Waals surface area (Å²) in [4.78, 5) is 0. The molecule has 0 bridgehead atoms. The lowest BCUT2D eigenvalue weighted by molar-refractivity contribution is 0.242. The molecular weight excluding hydrogens is 258 g/mol. The molecule has 4 heteroatoms. The van der Waals surface area contributed by atoms with Crippen LogP contribution >= 0.6 is 0 Å². The van der Waals surface area contributed by atoms with Crippen molar-refractivity contribution < 1.29 is 8.95 Å². The van der Waals surface area contributed by atoms with Gasteiger partial charge in [-0.1, -0.05) is 19.1 Å². The highest BCUT2D eigenvalue weighted by Crippen LogP contribution is 2.19. The molecule has 1 N–H and O–H groups in total. The Kier molecular flexibility index (Phi) is 7.10. The van der Waals surface area contributed by atoms with Crippen LogP contribution in [0.4, 0.5) is 0 Å². The molecular formula is C15H25NO2S. The van der Waals surface area contributed by atoms with Crippen molar-refractivity contribution in [2.75, 3.05) is 18.6 Å². The zero-order chi connectivity index (χ0) is 14.3. The number of benzene rings is 1. The van der Waals surface area contributed by atoms with Gasteiger partial charge in [-0.3, -0.25) is 4.21 Å². The average Bonchev–Trinajstić information content (AvgIpc) is 2.34. The van der Waals surface area contributed by atoms with Gasteiger partial charge >= 0.3 is 0 Å². The molecule has 0 aromatic heterocycles. The smallest absolute Gasteiger partial charge is 0.119 e. The van der Waals surface area contributed by atoms with Crippen molar-refractivity contribution >= 4 is 10.8 Å². The summed E-state index contributed by atoms with van der Waals surface area (Å²) in [7, 11) is -0.808. The highest BCUT2D eigenvalue weighted by molar-refractivity contribution is 7.84. The summed E-state index contributed by atoms with van der Waals surface area (Å²) in [6.07, 6.45) is 3.00. The van der Waals surface area contributed by atoms with Gasteiger partial charge in [-0.05, 0) is 44.5 Å². The van der Waals surface area contributed by atoms with Crippen LogP contribution in [0.15, 0.2) is 24.3 Å². The van der Waals surface area contributed by atoms with Gasteiger partial charge in [-0.2, -0.15) is 0 Å². The number of hydrogen-bond donors (Lipinski definition) is 1. The van der Waals surface area contributed by atoms with E-state index < -0.39 is 10.8 Å². The summed E-state index contributed by atoms with van der Waals surface area (Å²) >= 11 is 0. The van der Waals surface area contributed by atoms with E-state index in [1.165, 1.54) is 5.56 Å². The monoisotopic (exact) mass is 283 g/mol. The molecule has 0 spiro atoms. The normalized spacial score (nSPS) is 14.4. The molecule has 108 valence electrons. The maximum Gasteiger partial charge on any atom is 0.119 e. The van der Waals surface area contributed by atoms with Crippen molar-refractivity contribution in [2.24, 2.45) is 0 Å². The van der Waals surface area contributed by atoms with Crippen molar-refractivity contribution in [3.05, 3.63) is 29.8 Å². The summed E-state index contributed by atoms with van der Waals surface area (Å²) in [5, 5.41) is 3.44. The van der Waals surface area contributed by atoms with E-state index in [0.717, 1.165) is 18.7 Å². The van der Waals surface area contributed by atoms with Gasteiger partial charge in [-0.15, -0.1) is 0 Å². The Hall–Kier alpha value is -0.870. The standard InChI is InChI=1S/C15H25NO2S/c1-5-10-16-15(11-19(4)17)13-6-8-14(9-7-13)18-12(2)3/h6-9,12,15-16H,5,10-11H2,1-4H3. The molecule has 0 amide bonds. The summed E-state index contributed by atoms with van der Waals surface area (Å²) < 4.78 is 17.1. The summed E-state index contributed by atoms with van der Waals surface area (Å²) in [5.41, 5.74) is 1.17. The quantitative estimate of drug-likeness (QED) is 0.797. The third-order valence-electron chi connectivity index (χ3n) is 2.70. The fourth-order valence-corrected chi connectivity index (χ4v) is 2.66. The summed E-state index contributed by atoms with van der Waals surface area (Å²) in [5.74, 6) is 1.52. The van der Waals surface area contributed by atoms with Gasteiger partial charge in [0, 0.05) is 28.9 Å². The Morgan fingerprint density at radius 2 is 1.89 bits per heavy atom. The molecule has 19 heavy (non-hydrogen) atoms. The first-order chi connectivity index (χ1) is 9.02.